The first-order chi connectivity index (χ1) is 14.5. The maximum absolute atomic E-state index is 12.9. The average molecular weight is 402 g/mol. The summed E-state index contributed by atoms with van der Waals surface area (Å²) in [4.78, 5) is 33.3. The van der Waals surface area contributed by atoms with E-state index in [1.165, 1.54) is 0 Å². The van der Waals surface area contributed by atoms with Crippen LogP contribution in [0.25, 0.3) is 16.6 Å². The lowest BCUT2D eigenvalue weighted by atomic mass is 9.94. The smallest absolute Gasteiger partial charge is 0.335 e. The van der Waals surface area contributed by atoms with E-state index in [0.29, 0.717) is 5.69 Å². The number of benzene rings is 2. The second kappa shape index (κ2) is 6.74. The maximum atomic E-state index is 12.9. The molecule has 0 bridgehead atoms. The first-order valence-corrected chi connectivity index (χ1v) is 9.90. The standard InChI is InChI=1S/C23H22N4O3/c1-13-7-9-14(10-8-13)27-22(29)18(21(28)25-23(27)30)20-19-16(11-12-26(20)2)15-5-3-4-6-17(15)24-19/h3-10,20,24,29H,11-12H2,1-2H3,(H,25,28,30)/t20-/m0/s1. The summed E-state index contributed by atoms with van der Waals surface area (Å²) in [5, 5.41) is 12.3. The maximum Gasteiger partial charge on any atom is 0.335 e. The van der Waals surface area contributed by atoms with Crippen LogP contribution >= 0.6 is 0 Å². The fraction of sp³-hybridized carbons (Fsp3) is 0.217. The Balaban J connectivity index is 1.77. The topological polar surface area (TPSA) is 94.1 Å². The number of hydrogen-bond donors (Lipinski definition) is 3. The zero-order valence-electron chi connectivity index (χ0n) is 16.8. The molecule has 1 aliphatic heterocycles. The van der Waals surface area contributed by atoms with Gasteiger partial charge in [0.1, 0.15) is 5.56 Å². The monoisotopic (exact) mass is 402 g/mol. The highest BCUT2D eigenvalue weighted by atomic mass is 16.3. The lowest BCUT2D eigenvalue weighted by molar-refractivity contribution is 0.252. The molecule has 0 aliphatic carbocycles. The molecule has 0 spiro atoms. The number of aromatic hydroxyl groups is 1. The number of rotatable bonds is 2. The number of fused-ring (bicyclic) bond motifs is 3. The predicted octanol–water partition coefficient (Wildman–Crippen LogP) is 2.60. The molecular weight excluding hydrogens is 380 g/mol. The molecule has 3 N–H and O–H groups in total. The van der Waals surface area contributed by atoms with Gasteiger partial charge in [-0.15, -0.1) is 0 Å². The van der Waals surface area contributed by atoms with Crippen LogP contribution in [0.2, 0.25) is 0 Å². The number of aryl methyl sites for hydroxylation is 1. The molecule has 3 heterocycles. The van der Waals surface area contributed by atoms with Gasteiger partial charge in [-0.3, -0.25) is 14.7 Å². The van der Waals surface area contributed by atoms with E-state index < -0.39 is 17.3 Å². The zero-order valence-corrected chi connectivity index (χ0v) is 16.8. The van der Waals surface area contributed by atoms with Crippen LogP contribution in [0, 0.1) is 6.92 Å². The second-order valence-corrected chi connectivity index (χ2v) is 7.86. The number of likely N-dealkylation sites (N-methyl/N-ethyl adjacent to an activating group) is 1. The van der Waals surface area contributed by atoms with Gasteiger partial charge in [0.25, 0.3) is 5.56 Å². The van der Waals surface area contributed by atoms with Gasteiger partial charge in [0, 0.05) is 23.1 Å². The van der Waals surface area contributed by atoms with Crippen LogP contribution in [-0.4, -0.2) is 38.1 Å². The Morgan fingerprint density at radius 3 is 2.53 bits per heavy atom. The Labute approximate surface area is 172 Å². The molecule has 2 aromatic heterocycles. The van der Waals surface area contributed by atoms with E-state index in [1.54, 1.807) is 12.1 Å². The van der Waals surface area contributed by atoms with E-state index in [-0.39, 0.29) is 11.4 Å². The average Bonchev–Trinajstić information content (AvgIpc) is 3.09. The van der Waals surface area contributed by atoms with E-state index in [0.717, 1.165) is 45.3 Å². The first kappa shape index (κ1) is 18.4. The van der Waals surface area contributed by atoms with Gasteiger partial charge >= 0.3 is 5.69 Å². The molecule has 7 heteroatoms. The second-order valence-electron chi connectivity index (χ2n) is 7.86. The van der Waals surface area contributed by atoms with Crippen molar-refractivity contribution in [3.63, 3.8) is 0 Å². The van der Waals surface area contributed by atoms with Crippen molar-refractivity contribution in [2.24, 2.45) is 0 Å². The Kier molecular flexibility index (Phi) is 4.15. The third-order valence-electron chi connectivity index (χ3n) is 5.96. The number of H-pyrrole nitrogens is 2. The highest BCUT2D eigenvalue weighted by Gasteiger charge is 2.34. The van der Waals surface area contributed by atoms with Crippen molar-refractivity contribution in [2.45, 2.75) is 19.4 Å². The van der Waals surface area contributed by atoms with Gasteiger partial charge in [-0.25, -0.2) is 9.36 Å². The molecule has 1 atom stereocenters. The number of aromatic nitrogens is 3. The van der Waals surface area contributed by atoms with Crippen LogP contribution in [-0.2, 0) is 6.42 Å². The molecule has 4 aromatic rings. The van der Waals surface area contributed by atoms with E-state index in [4.69, 9.17) is 0 Å². The summed E-state index contributed by atoms with van der Waals surface area (Å²) >= 11 is 0. The molecule has 1 aliphatic rings. The zero-order chi connectivity index (χ0) is 21.0. The Hall–Kier alpha value is -3.58. The molecule has 0 amide bonds. The first-order valence-electron chi connectivity index (χ1n) is 9.90. The summed E-state index contributed by atoms with van der Waals surface area (Å²) in [6, 6.07) is 14.7. The fourth-order valence-corrected chi connectivity index (χ4v) is 4.44. The van der Waals surface area contributed by atoms with Crippen LogP contribution in [0.4, 0.5) is 0 Å². The summed E-state index contributed by atoms with van der Waals surface area (Å²) in [5.41, 5.74) is 3.45. The summed E-state index contributed by atoms with van der Waals surface area (Å²) in [5.74, 6) is -0.337. The molecule has 0 fully saturated rings. The largest absolute Gasteiger partial charge is 0.494 e. The van der Waals surface area contributed by atoms with Crippen LogP contribution in [0.1, 0.15) is 28.4 Å². The van der Waals surface area contributed by atoms with Gasteiger partial charge in [0.2, 0.25) is 5.88 Å². The summed E-state index contributed by atoms with van der Waals surface area (Å²) in [6.45, 7) is 2.67. The third-order valence-corrected chi connectivity index (χ3v) is 5.96. The van der Waals surface area contributed by atoms with Gasteiger partial charge in [-0.2, -0.15) is 0 Å². The highest BCUT2D eigenvalue weighted by molar-refractivity contribution is 5.85. The normalized spacial score (nSPS) is 16.7. The molecule has 2 aromatic carbocycles. The molecule has 30 heavy (non-hydrogen) atoms. The number of hydrogen-bond acceptors (Lipinski definition) is 4. The minimum atomic E-state index is -0.666. The molecule has 0 radical (unpaired) electrons. The van der Waals surface area contributed by atoms with Gasteiger partial charge in [0.05, 0.1) is 11.7 Å². The van der Waals surface area contributed by atoms with E-state index >= 15 is 0 Å². The number of nitrogens with zero attached hydrogens (tertiary/aromatic N) is 2. The number of para-hydroxylation sites is 1. The van der Waals surface area contributed by atoms with E-state index in [1.807, 2.05) is 49.2 Å². The number of nitrogens with one attached hydrogen (secondary N) is 2. The van der Waals surface area contributed by atoms with Gasteiger partial charge in [-0.05, 0) is 44.2 Å². The summed E-state index contributed by atoms with van der Waals surface area (Å²) in [7, 11) is 1.92. The Bertz CT molecular complexity index is 1380. The van der Waals surface area contributed by atoms with Crippen LogP contribution in [0.5, 0.6) is 5.88 Å². The Morgan fingerprint density at radius 1 is 1.03 bits per heavy atom. The van der Waals surface area contributed by atoms with Crippen molar-refractivity contribution in [1.82, 2.24) is 19.4 Å². The molecule has 7 nitrogen and oxygen atoms in total. The minimum absolute atomic E-state index is 0.158. The highest BCUT2D eigenvalue weighted by Crippen LogP contribution is 2.38. The van der Waals surface area contributed by atoms with E-state index in [9.17, 15) is 14.7 Å². The molecule has 0 saturated carbocycles. The fourth-order valence-electron chi connectivity index (χ4n) is 4.44. The van der Waals surface area contributed by atoms with Crippen molar-refractivity contribution >= 4 is 10.9 Å². The van der Waals surface area contributed by atoms with Gasteiger partial charge in [0.15, 0.2) is 0 Å². The third kappa shape index (κ3) is 2.70. The van der Waals surface area contributed by atoms with Crippen molar-refractivity contribution in [1.29, 1.82) is 0 Å². The minimum Gasteiger partial charge on any atom is -0.494 e. The number of aromatic amines is 2. The molecular formula is C23H22N4O3. The molecule has 5 rings (SSSR count). The van der Waals surface area contributed by atoms with E-state index in [2.05, 4.69) is 16.0 Å². The molecule has 0 unspecified atom stereocenters. The van der Waals surface area contributed by atoms with Crippen molar-refractivity contribution in [2.75, 3.05) is 13.6 Å². The molecule has 152 valence electrons. The van der Waals surface area contributed by atoms with Crippen molar-refractivity contribution in [3.05, 3.63) is 91.8 Å². The van der Waals surface area contributed by atoms with Crippen molar-refractivity contribution < 1.29 is 5.11 Å². The lowest BCUT2D eigenvalue weighted by Crippen LogP contribution is -2.39. The summed E-state index contributed by atoms with van der Waals surface area (Å²) in [6.07, 6.45) is 0.836. The lowest BCUT2D eigenvalue weighted by Gasteiger charge is -2.33. The van der Waals surface area contributed by atoms with Crippen LogP contribution in [0.15, 0.2) is 58.1 Å². The van der Waals surface area contributed by atoms with Crippen molar-refractivity contribution in [3.8, 4) is 11.6 Å². The van der Waals surface area contributed by atoms with Gasteiger partial charge < -0.3 is 10.1 Å². The molecule has 0 saturated heterocycles. The SMILES string of the molecule is Cc1ccc(-n2c(O)c([C@H]3c4[nH]c5ccccc5c4CCN3C)c(=O)[nH]c2=O)cc1. The summed E-state index contributed by atoms with van der Waals surface area (Å²) < 4.78 is 1.15. The van der Waals surface area contributed by atoms with Crippen LogP contribution < -0.4 is 11.2 Å². The predicted molar refractivity (Wildman–Crippen MR) is 116 cm³/mol. The van der Waals surface area contributed by atoms with Gasteiger partial charge in [-0.1, -0.05) is 35.9 Å². The quantitative estimate of drug-likeness (QED) is 0.480. The Morgan fingerprint density at radius 2 is 1.77 bits per heavy atom. The van der Waals surface area contributed by atoms with Crippen LogP contribution in [0.3, 0.4) is 0 Å².